The van der Waals surface area contributed by atoms with Crippen LogP contribution in [-0.4, -0.2) is 27.8 Å². The van der Waals surface area contributed by atoms with Crippen LogP contribution in [0.1, 0.15) is 45.8 Å². The molecule has 0 saturated heterocycles. The molecule has 1 aromatic heterocycles. The molecule has 21 heavy (non-hydrogen) atoms. The topological polar surface area (TPSA) is 49.0 Å². The van der Waals surface area contributed by atoms with Gasteiger partial charge in [0.1, 0.15) is 5.82 Å². The first-order chi connectivity index (χ1) is 10.1. The predicted octanol–water partition coefficient (Wildman–Crippen LogP) is 2.87. The number of carbonyl (C=O) groups excluding carboxylic acids is 1. The number of benzene rings is 1. The Morgan fingerprint density at radius 1 is 1.29 bits per heavy atom. The number of amides is 1. The predicted molar refractivity (Wildman–Crippen MR) is 82.2 cm³/mol. The molecule has 0 aliphatic heterocycles. The van der Waals surface area contributed by atoms with Crippen LogP contribution in [0.3, 0.4) is 0 Å². The van der Waals surface area contributed by atoms with Gasteiger partial charge < -0.3 is 9.88 Å². The SMILES string of the molecule is Cc1cnc(CN(C)C(=O)c2ccc3c(c2)CCCC3)[nH]1. The zero-order valence-corrected chi connectivity index (χ0v) is 12.6. The summed E-state index contributed by atoms with van der Waals surface area (Å²) in [6.45, 7) is 2.46. The molecule has 1 heterocycles. The van der Waals surface area contributed by atoms with Crippen LogP contribution in [0.4, 0.5) is 0 Å². The Labute approximate surface area is 125 Å². The van der Waals surface area contributed by atoms with E-state index >= 15 is 0 Å². The largest absolute Gasteiger partial charge is 0.345 e. The molecule has 1 amide bonds. The number of carbonyl (C=O) groups is 1. The summed E-state index contributed by atoms with van der Waals surface area (Å²) in [6, 6.07) is 6.14. The molecule has 0 atom stereocenters. The van der Waals surface area contributed by atoms with Gasteiger partial charge in [-0.25, -0.2) is 4.98 Å². The van der Waals surface area contributed by atoms with Crippen LogP contribution in [0.15, 0.2) is 24.4 Å². The number of fused-ring (bicyclic) bond motifs is 1. The molecule has 4 heteroatoms. The maximum atomic E-state index is 12.5. The van der Waals surface area contributed by atoms with Crippen molar-refractivity contribution in [2.75, 3.05) is 7.05 Å². The molecule has 1 aliphatic rings. The molecule has 1 N–H and O–H groups in total. The van der Waals surface area contributed by atoms with Gasteiger partial charge in [0.15, 0.2) is 0 Å². The first-order valence-corrected chi connectivity index (χ1v) is 7.51. The van der Waals surface area contributed by atoms with Crippen molar-refractivity contribution < 1.29 is 4.79 Å². The highest BCUT2D eigenvalue weighted by atomic mass is 16.2. The highest BCUT2D eigenvalue weighted by Crippen LogP contribution is 2.22. The maximum absolute atomic E-state index is 12.5. The lowest BCUT2D eigenvalue weighted by Crippen LogP contribution is -2.27. The highest BCUT2D eigenvalue weighted by molar-refractivity contribution is 5.94. The summed E-state index contributed by atoms with van der Waals surface area (Å²) >= 11 is 0. The minimum atomic E-state index is 0.0532. The third-order valence-corrected chi connectivity index (χ3v) is 4.08. The summed E-state index contributed by atoms with van der Waals surface area (Å²) in [4.78, 5) is 21.6. The van der Waals surface area contributed by atoms with Crippen LogP contribution < -0.4 is 0 Å². The van der Waals surface area contributed by atoms with Crippen molar-refractivity contribution in [3.63, 3.8) is 0 Å². The zero-order valence-electron chi connectivity index (χ0n) is 12.6. The normalized spacial score (nSPS) is 13.8. The van der Waals surface area contributed by atoms with E-state index in [1.54, 1.807) is 11.1 Å². The van der Waals surface area contributed by atoms with Gasteiger partial charge in [-0.2, -0.15) is 0 Å². The molecule has 0 unspecified atom stereocenters. The monoisotopic (exact) mass is 283 g/mol. The van der Waals surface area contributed by atoms with Gasteiger partial charge >= 0.3 is 0 Å². The van der Waals surface area contributed by atoms with E-state index in [-0.39, 0.29) is 5.91 Å². The molecule has 0 spiro atoms. The van der Waals surface area contributed by atoms with Crippen LogP contribution in [0.25, 0.3) is 0 Å². The van der Waals surface area contributed by atoms with Crippen molar-refractivity contribution in [3.05, 3.63) is 52.6 Å². The molecule has 0 radical (unpaired) electrons. The lowest BCUT2D eigenvalue weighted by Gasteiger charge is -2.19. The van der Waals surface area contributed by atoms with Gasteiger partial charge in [-0.15, -0.1) is 0 Å². The highest BCUT2D eigenvalue weighted by Gasteiger charge is 2.16. The van der Waals surface area contributed by atoms with E-state index < -0.39 is 0 Å². The number of hydrogen-bond donors (Lipinski definition) is 1. The average molecular weight is 283 g/mol. The Balaban J connectivity index is 1.75. The van der Waals surface area contributed by atoms with Gasteiger partial charge in [0.2, 0.25) is 0 Å². The van der Waals surface area contributed by atoms with Crippen molar-refractivity contribution in [1.82, 2.24) is 14.9 Å². The van der Waals surface area contributed by atoms with E-state index in [4.69, 9.17) is 0 Å². The Hall–Kier alpha value is -2.10. The van der Waals surface area contributed by atoms with Crippen molar-refractivity contribution in [3.8, 4) is 0 Å². The van der Waals surface area contributed by atoms with E-state index in [0.29, 0.717) is 6.54 Å². The van der Waals surface area contributed by atoms with Crippen molar-refractivity contribution >= 4 is 5.91 Å². The number of hydrogen-bond acceptors (Lipinski definition) is 2. The van der Waals surface area contributed by atoms with Crippen LogP contribution in [-0.2, 0) is 19.4 Å². The molecule has 110 valence electrons. The summed E-state index contributed by atoms with van der Waals surface area (Å²) in [5.41, 5.74) is 4.54. The summed E-state index contributed by atoms with van der Waals surface area (Å²) in [6.07, 6.45) is 6.51. The third kappa shape index (κ3) is 2.99. The minimum absolute atomic E-state index is 0.0532. The van der Waals surface area contributed by atoms with Gasteiger partial charge in [-0.05, 0) is 55.9 Å². The summed E-state index contributed by atoms with van der Waals surface area (Å²) in [7, 11) is 1.82. The van der Waals surface area contributed by atoms with Crippen molar-refractivity contribution in [1.29, 1.82) is 0 Å². The fourth-order valence-electron chi connectivity index (χ4n) is 2.93. The quantitative estimate of drug-likeness (QED) is 0.941. The lowest BCUT2D eigenvalue weighted by atomic mass is 9.90. The van der Waals surface area contributed by atoms with E-state index in [1.807, 2.05) is 20.0 Å². The standard InChI is InChI=1S/C17H21N3O/c1-12-10-18-16(19-12)11-20(2)17(21)15-8-7-13-5-3-4-6-14(13)9-15/h7-10H,3-6,11H2,1-2H3,(H,18,19). The summed E-state index contributed by atoms with van der Waals surface area (Å²) in [5, 5.41) is 0. The fraction of sp³-hybridized carbons (Fsp3) is 0.412. The number of H-pyrrole nitrogens is 1. The molecule has 0 fully saturated rings. The van der Waals surface area contributed by atoms with Gasteiger partial charge in [0, 0.05) is 24.5 Å². The minimum Gasteiger partial charge on any atom is -0.345 e. The molecular weight excluding hydrogens is 262 g/mol. The number of rotatable bonds is 3. The first kappa shape index (κ1) is 13.9. The molecule has 2 aromatic rings. The maximum Gasteiger partial charge on any atom is 0.254 e. The molecule has 4 nitrogen and oxygen atoms in total. The van der Waals surface area contributed by atoms with Gasteiger partial charge in [-0.3, -0.25) is 4.79 Å². The Bertz CT molecular complexity index is 660. The van der Waals surface area contributed by atoms with Crippen molar-refractivity contribution in [2.45, 2.75) is 39.2 Å². The van der Waals surface area contributed by atoms with Crippen LogP contribution >= 0.6 is 0 Å². The van der Waals surface area contributed by atoms with Crippen LogP contribution in [0, 0.1) is 6.92 Å². The Morgan fingerprint density at radius 3 is 2.76 bits per heavy atom. The molecular formula is C17H21N3O. The molecule has 1 aromatic carbocycles. The molecule has 0 saturated carbocycles. The molecule has 1 aliphatic carbocycles. The zero-order chi connectivity index (χ0) is 14.8. The van der Waals surface area contributed by atoms with Crippen molar-refractivity contribution in [2.24, 2.45) is 0 Å². The number of imidazole rings is 1. The number of aromatic nitrogens is 2. The average Bonchev–Trinajstić information content (AvgIpc) is 2.91. The number of nitrogens with zero attached hydrogens (tertiary/aromatic N) is 2. The molecule has 3 rings (SSSR count). The van der Waals surface area contributed by atoms with E-state index in [9.17, 15) is 4.79 Å². The Morgan fingerprint density at radius 2 is 2.05 bits per heavy atom. The Kier molecular flexibility index (Phi) is 3.78. The van der Waals surface area contributed by atoms with Gasteiger partial charge in [0.25, 0.3) is 5.91 Å². The smallest absolute Gasteiger partial charge is 0.254 e. The summed E-state index contributed by atoms with van der Waals surface area (Å²) in [5.74, 6) is 0.874. The van der Waals surface area contributed by atoms with E-state index in [2.05, 4.69) is 22.1 Å². The molecule has 0 bridgehead atoms. The second-order valence-corrected chi connectivity index (χ2v) is 5.86. The van der Waals surface area contributed by atoms with E-state index in [1.165, 1.54) is 24.0 Å². The summed E-state index contributed by atoms with van der Waals surface area (Å²) < 4.78 is 0. The third-order valence-electron chi connectivity index (χ3n) is 4.08. The number of aryl methyl sites for hydroxylation is 3. The number of nitrogens with one attached hydrogen (secondary N) is 1. The second-order valence-electron chi connectivity index (χ2n) is 5.86. The van der Waals surface area contributed by atoms with Crippen LogP contribution in [0.2, 0.25) is 0 Å². The number of aromatic amines is 1. The van der Waals surface area contributed by atoms with Crippen LogP contribution in [0.5, 0.6) is 0 Å². The van der Waals surface area contributed by atoms with Gasteiger partial charge in [0.05, 0.1) is 6.54 Å². The van der Waals surface area contributed by atoms with Gasteiger partial charge in [-0.1, -0.05) is 6.07 Å². The fourth-order valence-corrected chi connectivity index (χ4v) is 2.93. The lowest BCUT2D eigenvalue weighted by molar-refractivity contribution is 0.0781. The van der Waals surface area contributed by atoms with E-state index in [0.717, 1.165) is 29.9 Å². The second kappa shape index (κ2) is 5.72. The first-order valence-electron chi connectivity index (χ1n) is 7.51.